The first-order chi connectivity index (χ1) is 9.93. The van der Waals surface area contributed by atoms with Gasteiger partial charge in [-0.25, -0.2) is 0 Å². The summed E-state index contributed by atoms with van der Waals surface area (Å²) in [6.07, 6.45) is 5.10. The van der Waals surface area contributed by atoms with Gasteiger partial charge in [0.25, 0.3) is 0 Å². The number of aromatic nitrogens is 1. The Kier molecular flexibility index (Phi) is 7.37. The maximum atomic E-state index is 12.6. The third kappa shape index (κ3) is 6.25. The van der Waals surface area contributed by atoms with E-state index in [1.54, 1.807) is 6.20 Å². The highest BCUT2D eigenvalue weighted by Crippen LogP contribution is 2.18. The number of nitrogens with two attached hydrogens (primary N) is 1. The monoisotopic (exact) mass is 291 g/mol. The van der Waals surface area contributed by atoms with E-state index >= 15 is 0 Å². The second-order valence-corrected chi connectivity index (χ2v) is 6.41. The average Bonchev–Trinajstić information content (AvgIpc) is 2.44. The number of carbonyl (C=O) groups excluding carboxylic acids is 1. The first kappa shape index (κ1) is 17.6. The fourth-order valence-electron chi connectivity index (χ4n) is 2.54. The van der Waals surface area contributed by atoms with Crippen LogP contribution in [0.1, 0.15) is 46.1 Å². The number of nitrogens with zero attached hydrogens (tertiary/aromatic N) is 2. The second kappa shape index (κ2) is 8.78. The Labute approximate surface area is 128 Å². The van der Waals surface area contributed by atoms with Crippen molar-refractivity contribution < 1.29 is 4.79 Å². The topological polar surface area (TPSA) is 59.2 Å². The van der Waals surface area contributed by atoms with Gasteiger partial charge < -0.3 is 10.6 Å². The van der Waals surface area contributed by atoms with Crippen molar-refractivity contribution >= 4 is 5.91 Å². The summed E-state index contributed by atoms with van der Waals surface area (Å²) in [4.78, 5) is 18.6. The summed E-state index contributed by atoms with van der Waals surface area (Å²) in [5, 5.41) is 0. The molecule has 1 aromatic heterocycles. The third-order valence-corrected chi connectivity index (χ3v) is 3.62. The lowest BCUT2D eigenvalue weighted by atomic mass is 9.93. The third-order valence-electron chi connectivity index (χ3n) is 3.62. The van der Waals surface area contributed by atoms with Crippen molar-refractivity contribution in [3.8, 4) is 0 Å². The maximum absolute atomic E-state index is 12.6. The zero-order chi connectivity index (χ0) is 15.8. The Bertz CT molecular complexity index is 417. The molecular formula is C17H29N3O. The molecule has 2 N–H and O–H groups in total. The molecule has 0 aliphatic carbocycles. The van der Waals surface area contributed by atoms with Crippen LogP contribution in [0.2, 0.25) is 0 Å². The van der Waals surface area contributed by atoms with E-state index in [4.69, 9.17) is 5.73 Å². The van der Waals surface area contributed by atoms with E-state index in [1.165, 1.54) is 0 Å². The lowest BCUT2D eigenvalue weighted by Gasteiger charge is -2.29. The Morgan fingerprint density at radius 1 is 1.33 bits per heavy atom. The van der Waals surface area contributed by atoms with Gasteiger partial charge in [0, 0.05) is 31.4 Å². The molecule has 1 atom stereocenters. The Balaban J connectivity index is 2.69. The van der Waals surface area contributed by atoms with Crippen LogP contribution in [-0.2, 0) is 11.3 Å². The largest absolute Gasteiger partial charge is 0.336 e. The van der Waals surface area contributed by atoms with Gasteiger partial charge in [0.15, 0.2) is 0 Å². The summed E-state index contributed by atoms with van der Waals surface area (Å²) in [6, 6.07) is 4.08. The first-order valence-electron chi connectivity index (χ1n) is 7.82. The van der Waals surface area contributed by atoms with Crippen LogP contribution in [0.5, 0.6) is 0 Å². The molecule has 0 saturated carbocycles. The Morgan fingerprint density at radius 2 is 2.05 bits per heavy atom. The Hall–Kier alpha value is -1.42. The van der Waals surface area contributed by atoms with Crippen LogP contribution in [0.25, 0.3) is 0 Å². The summed E-state index contributed by atoms with van der Waals surface area (Å²) >= 11 is 0. The summed E-state index contributed by atoms with van der Waals surface area (Å²) in [7, 11) is 0. The normalized spacial score (nSPS) is 12.7. The number of rotatable bonds is 8. The second-order valence-electron chi connectivity index (χ2n) is 6.41. The molecule has 4 nitrogen and oxygen atoms in total. The number of pyridine rings is 1. The van der Waals surface area contributed by atoms with Crippen molar-refractivity contribution in [2.45, 2.75) is 53.1 Å². The molecule has 0 unspecified atom stereocenters. The summed E-state index contributed by atoms with van der Waals surface area (Å²) in [5.74, 6) is 1.02. The van der Waals surface area contributed by atoms with E-state index in [9.17, 15) is 4.79 Å². The quantitative estimate of drug-likeness (QED) is 0.801. The number of hydrogen-bond donors (Lipinski definition) is 1. The molecule has 0 fully saturated rings. The van der Waals surface area contributed by atoms with Gasteiger partial charge in [0.05, 0.1) is 0 Å². The smallest absolute Gasteiger partial charge is 0.223 e. The fourth-order valence-corrected chi connectivity index (χ4v) is 2.54. The van der Waals surface area contributed by atoms with Gasteiger partial charge in [0.2, 0.25) is 5.91 Å². The molecule has 118 valence electrons. The minimum Gasteiger partial charge on any atom is -0.336 e. The van der Waals surface area contributed by atoms with E-state index in [1.807, 2.05) is 37.1 Å². The molecular weight excluding hydrogens is 262 g/mol. The molecule has 1 amide bonds. The molecule has 4 heteroatoms. The molecule has 0 radical (unpaired) electrons. The summed E-state index contributed by atoms with van der Waals surface area (Å²) < 4.78 is 0. The van der Waals surface area contributed by atoms with Gasteiger partial charge in [-0.1, -0.05) is 19.9 Å². The van der Waals surface area contributed by atoms with Gasteiger partial charge in [-0.05, 0) is 50.3 Å². The predicted molar refractivity (Wildman–Crippen MR) is 86.5 cm³/mol. The molecule has 1 aromatic rings. The van der Waals surface area contributed by atoms with Crippen LogP contribution in [0, 0.1) is 11.8 Å². The molecule has 0 aromatic carbocycles. The standard InChI is InChI=1S/C17H29N3O/c1-13(2)8-16(10-18)9-17(21)20(14(3)4)12-15-6-5-7-19-11-15/h5-7,11,13-14,16H,8-10,12,18H2,1-4H3/t16-/m0/s1. The van der Waals surface area contributed by atoms with Gasteiger partial charge >= 0.3 is 0 Å². The van der Waals surface area contributed by atoms with Crippen LogP contribution in [0.4, 0.5) is 0 Å². The highest BCUT2D eigenvalue weighted by atomic mass is 16.2. The fraction of sp³-hybridized carbons (Fsp3) is 0.647. The van der Waals surface area contributed by atoms with Crippen LogP contribution >= 0.6 is 0 Å². The van der Waals surface area contributed by atoms with Gasteiger partial charge in [-0.15, -0.1) is 0 Å². The predicted octanol–water partition coefficient (Wildman–Crippen LogP) is 2.83. The molecule has 0 aliphatic heterocycles. The van der Waals surface area contributed by atoms with Gasteiger partial charge in [-0.3, -0.25) is 9.78 Å². The zero-order valence-corrected chi connectivity index (χ0v) is 13.7. The summed E-state index contributed by atoms with van der Waals surface area (Å²) in [5.41, 5.74) is 6.88. The van der Waals surface area contributed by atoms with Crippen LogP contribution in [0.15, 0.2) is 24.5 Å². The highest BCUT2D eigenvalue weighted by Gasteiger charge is 2.21. The van der Waals surface area contributed by atoms with E-state index in [0.29, 0.717) is 25.4 Å². The molecule has 0 bridgehead atoms. The molecule has 0 spiro atoms. The van der Waals surface area contributed by atoms with Crippen molar-refractivity contribution in [1.29, 1.82) is 0 Å². The molecule has 0 aliphatic rings. The number of hydrogen-bond acceptors (Lipinski definition) is 3. The van der Waals surface area contributed by atoms with Crippen LogP contribution < -0.4 is 5.73 Å². The van der Waals surface area contributed by atoms with Gasteiger partial charge in [-0.2, -0.15) is 0 Å². The van der Waals surface area contributed by atoms with Crippen LogP contribution in [0.3, 0.4) is 0 Å². The van der Waals surface area contributed by atoms with Crippen molar-refractivity contribution in [3.05, 3.63) is 30.1 Å². The van der Waals surface area contributed by atoms with Crippen molar-refractivity contribution in [2.24, 2.45) is 17.6 Å². The maximum Gasteiger partial charge on any atom is 0.223 e. The van der Waals surface area contributed by atoms with Gasteiger partial charge in [0.1, 0.15) is 0 Å². The van der Waals surface area contributed by atoms with E-state index in [0.717, 1.165) is 12.0 Å². The van der Waals surface area contributed by atoms with E-state index < -0.39 is 0 Å². The minimum atomic E-state index is 0.176. The zero-order valence-electron chi connectivity index (χ0n) is 13.7. The van der Waals surface area contributed by atoms with E-state index in [-0.39, 0.29) is 17.9 Å². The number of amides is 1. The van der Waals surface area contributed by atoms with E-state index in [2.05, 4.69) is 18.8 Å². The molecule has 21 heavy (non-hydrogen) atoms. The molecule has 1 rings (SSSR count). The van der Waals surface area contributed by atoms with Crippen molar-refractivity contribution in [1.82, 2.24) is 9.88 Å². The highest BCUT2D eigenvalue weighted by molar-refractivity contribution is 5.76. The average molecular weight is 291 g/mol. The lowest BCUT2D eigenvalue weighted by Crippen LogP contribution is -2.38. The lowest BCUT2D eigenvalue weighted by molar-refractivity contribution is -0.134. The minimum absolute atomic E-state index is 0.176. The SMILES string of the molecule is CC(C)C[C@H](CN)CC(=O)N(Cc1cccnc1)C(C)C. The van der Waals surface area contributed by atoms with Crippen molar-refractivity contribution in [3.63, 3.8) is 0 Å². The molecule has 0 saturated heterocycles. The Morgan fingerprint density at radius 3 is 2.52 bits per heavy atom. The first-order valence-corrected chi connectivity index (χ1v) is 7.82. The summed E-state index contributed by atoms with van der Waals surface area (Å²) in [6.45, 7) is 9.63. The van der Waals surface area contributed by atoms with Crippen LogP contribution in [-0.4, -0.2) is 28.4 Å². The number of carbonyl (C=O) groups is 1. The van der Waals surface area contributed by atoms with Crippen molar-refractivity contribution in [2.75, 3.05) is 6.54 Å². The molecule has 1 heterocycles.